The maximum atomic E-state index is 13.0. The van der Waals surface area contributed by atoms with Crippen molar-refractivity contribution in [2.45, 2.75) is 69.9 Å². The van der Waals surface area contributed by atoms with Gasteiger partial charge in [-0.1, -0.05) is 0 Å². The molecule has 2 atom stereocenters. The van der Waals surface area contributed by atoms with E-state index in [0.29, 0.717) is 38.8 Å². The van der Waals surface area contributed by atoms with E-state index in [9.17, 15) is 14.4 Å². The Bertz CT molecular complexity index is 576. The number of likely N-dealkylation sites (tertiary alicyclic amines) is 1. The maximum absolute atomic E-state index is 13.0. The highest BCUT2D eigenvalue weighted by atomic mass is 16.6. The molecule has 0 aromatic carbocycles. The Kier molecular flexibility index (Phi) is 4.43. The largest absolute Gasteiger partial charge is 0.467 e. The number of fused-ring (bicyclic) bond motifs is 1. The number of hydrogen-bond acceptors (Lipinski definition) is 6. The molecule has 0 saturated carbocycles. The van der Waals surface area contributed by atoms with E-state index in [4.69, 9.17) is 14.2 Å². The molecule has 3 heterocycles. The summed E-state index contributed by atoms with van der Waals surface area (Å²) in [6.45, 7) is 6.25. The average Bonchev–Trinajstić information content (AvgIpc) is 3.05. The van der Waals surface area contributed by atoms with Gasteiger partial charge in [0.05, 0.1) is 7.11 Å². The van der Waals surface area contributed by atoms with Crippen molar-refractivity contribution in [2.24, 2.45) is 0 Å². The van der Waals surface area contributed by atoms with Crippen LogP contribution in [0.3, 0.4) is 0 Å². The molecule has 3 aliphatic rings. The molecule has 8 heteroatoms. The first-order valence-electron chi connectivity index (χ1n) is 8.73. The lowest BCUT2D eigenvalue weighted by molar-refractivity contribution is -0.152. The van der Waals surface area contributed by atoms with Crippen molar-refractivity contribution >= 4 is 18.0 Å². The highest BCUT2D eigenvalue weighted by molar-refractivity contribution is 5.92. The second kappa shape index (κ2) is 6.16. The number of piperidine rings is 1. The van der Waals surface area contributed by atoms with Crippen LogP contribution in [0.15, 0.2) is 0 Å². The predicted molar refractivity (Wildman–Crippen MR) is 86.5 cm³/mol. The number of hydrogen-bond donors (Lipinski definition) is 0. The van der Waals surface area contributed by atoms with E-state index in [1.165, 1.54) is 12.0 Å². The van der Waals surface area contributed by atoms with Crippen LogP contribution in [0.2, 0.25) is 0 Å². The molecule has 2 amide bonds. The molecule has 3 aliphatic heterocycles. The number of amides is 2. The van der Waals surface area contributed by atoms with Gasteiger partial charge in [0.1, 0.15) is 17.9 Å². The van der Waals surface area contributed by atoms with Crippen LogP contribution in [0.25, 0.3) is 0 Å². The van der Waals surface area contributed by atoms with E-state index in [0.717, 1.165) is 0 Å². The Morgan fingerprint density at radius 3 is 2.40 bits per heavy atom. The molecular formula is C17H26N2O6. The molecule has 0 bridgehead atoms. The summed E-state index contributed by atoms with van der Waals surface area (Å²) in [4.78, 5) is 40.2. The molecule has 3 rings (SSSR count). The van der Waals surface area contributed by atoms with E-state index in [1.54, 1.807) is 4.90 Å². The third kappa shape index (κ3) is 3.19. The van der Waals surface area contributed by atoms with Gasteiger partial charge in [0, 0.05) is 25.9 Å². The van der Waals surface area contributed by atoms with Crippen LogP contribution in [0, 0.1) is 0 Å². The molecule has 8 nitrogen and oxygen atoms in total. The minimum absolute atomic E-state index is 0.158. The van der Waals surface area contributed by atoms with E-state index in [2.05, 4.69) is 0 Å². The smallest absolute Gasteiger partial charge is 0.410 e. The first-order valence-corrected chi connectivity index (χ1v) is 8.73. The lowest BCUT2D eigenvalue weighted by Crippen LogP contribution is -2.53. The zero-order chi connectivity index (χ0) is 18.4. The number of methoxy groups -OCH3 is 1. The second-order valence-corrected chi connectivity index (χ2v) is 7.86. The maximum Gasteiger partial charge on any atom is 0.410 e. The van der Waals surface area contributed by atoms with E-state index in [-0.39, 0.29) is 18.2 Å². The summed E-state index contributed by atoms with van der Waals surface area (Å²) in [6, 6.07) is -0.564. The Morgan fingerprint density at radius 2 is 1.84 bits per heavy atom. The highest BCUT2D eigenvalue weighted by Crippen LogP contribution is 2.43. The third-order valence-corrected chi connectivity index (χ3v) is 5.02. The molecule has 0 aromatic heterocycles. The fourth-order valence-electron chi connectivity index (χ4n) is 3.79. The molecule has 0 aromatic rings. The summed E-state index contributed by atoms with van der Waals surface area (Å²) in [5, 5.41) is 0. The van der Waals surface area contributed by atoms with Crippen molar-refractivity contribution in [2.75, 3.05) is 20.2 Å². The van der Waals surface area contributed by atoms with Gasteiger partial charge in [-0.25, -0.2) is 9.59 Å². The fraction of sp³-hybridized carbons (Fsp3) is 0.824. The number of carbonyl (C=O) groups is 3. The van der Waals surface area contributed by atoms with Crippen molar-refractivity contribution in [3.63, 3.8) is 0 Å². The zero-order valence-electron chi connectivity index (χ0n) is 15.2. The fourth-order valence-corrected chi connectivity index (χ4v) is 3.79. The van der Waals surface area contributed by atoms with Crippen LogP contribution < -0.4 is 0 Å². The van der Waals surface area contributed by atoms with Crippen LogP contribution in [0.4, 0.5) is 4.79 Å². The molecule has 3 fully saturated rings. The standard InChI is InChI=1S/C17H26N2O6/c1-16(2,3)25-15(22)18-9-7-17(8-10-18)14(21)19-11(13(20)23-4)5-6-12(19)24-17/h11-12H,5-10H2,1-4H3/t11-,12?/m0/s1. The van der Waals surface area contributed by atoms with Crippen molar-refractivity contribution < 1.29 is 28.6 Å². The van der Waals surface area contributed by atoms with Gasteiger partial charge in [-0.3, -0.25) is 4.79 Å². The van der Waals surface area contributed by atoms with Gasteiger partial charge in [0.25, 0.3) is 5.91 Å². The van der Waals surface area contributed by atoms with Crippen molar-refractivity contribution in [1.82, 2.24) is 9.80 Å². The second-order valence-electron chi connectivity index (χ2n) is 7.86. The number of carbonyl (C=O) groups excluding carboxylic acids is 3. The molecule has 25 heavy (non-hydrogen) atoms. The summed E-state index contributed by atoms with van der Waals surface area (Å²) in [5.74, 6) is -0.558. The minimum atomic E-state index is -0.935. The van der Waals surface area contributed by atoms with Gasteiger partial charge in [-0.05, 0) is 33.6 Å². The van der Waals surface area contributed by atoms with Gasteiger partial charge in [0.15, 0.2) is 5.60 Å². The average molecular weight is 354 g/mol. The first-order chi connectivity index (χ1) is 11.7. The van der Waals surface area contributed by atoms with Crippen molar-refractivity contribution in [3.05, 3.63) is 0 Å². The zero-order valence-corrected chi connectivity index (χ0v) is 15.2. The van der Waals surface area contributed by atoms with Gasteiger partial charge >= 0.3 is 12.1 Å². The molecule has 0 N–H and O–H groups in total. The normalized spacial score (nSPS) is 28.2. The molecule has 3 saturated heterocycles. The third-order valence-electron chi connectivity index (χ3n) is 5.02. The molecule has 1 spiro atoms. The molecule has 140 valence electrons. The predicted octanol–water partition coefficient (Wildman–Crippen LogP) is 1.28. The van der Waals surface area contributed by atoms with Crippen LogP contribution in [-0.2, 0) is 23.8 Å². The number of rotatable bonds is 1. The van der Waals surface area contributed by atoms with Gasteiger partial charge in [-0.2, -0.15) is 0 Å². The minimum Gasteiger partial charge on any atom is -0.467 e. The Balaban J connectivity index is 1.65. The topological polar surface area (TPSA) is 85.4 Å². The summed E-state index contributed by atoms with van der Waals surface area (Å²) < 4.78 is 16.3. The van der Waals surface area contributed by atoms with Crippen LogP contribution in [0.5, 0.6) is 0 Å². The van der Waals surface area contributed by atoms with E-state index >= 15 is 0 Å². The van der Waals surface area contributed by atoms with Crippen LogP contribution >= 0.6 is 0 Å². The van der Waals surface area contributed by atoms with E-state index in [1.807, 2.05) is 20.8 Å². The quantitative estimate of drug-likeness (QED) is 0.660. The molecule has 0 radical (unpaired) electrons. The monoisotopic (exact) mass is 354 g/mol. The van der Waals surface area contributed by atoms with E-state index < -0.39 is 23.2 Å². The number of esters is 1. The first kappa shape index (κ1) is 18.0. The summed E-state index contributed by atoms with van der Waals surface area (Å²) in [7, 11) is 1.33. The Hall–Kier alpha value is -1.83. The van der Waals surface area contributed by atoms with Gasteiger partial charge in [-0.15, -0.1) is 0 Å². The highest BCUT2D eigenvalue weighted by Gasteiger charge is 2.59. The van der Waals surface area contributed by atoms with Gasteiger partial charge in [0.2, 0.25) is 0 Å². The summed E-state index contributed by atoms with van der Waals surface area (Å²) in [6.07, 6.45) is 1.26. The van der Waals surface area contributed by atoms with Crippen molar-refractivity contribution in [1.29, 1.82) is 0 Å². The number of nitrogens with zero attached hydrogens (tertiary/aromatic N) is 2. The number of ether oxygens (including phenoxy) is 3. The van der Waals surface area contributed by atoms with Crippen LogP contribution in [0.1, 0.15) is 46.5 Å². The summed E-state index contributed by atoms with van der Waals surface area (Å²) in [5.41, 5.74) is -1.49. The lowest BCUT2D eigenvalue weighted by Gasteiger charge is -2.37. The Labute approximate surface area is 147 Å². The van der Waals surface area contributed by atoms with Crippen molar-refractivity contribution in [3.8, 4) is 0 Å². The Morgan fingerprint density at radius 1 is 1.20 bits per heavy atom. The molecule has 0 aliphatic carbocycles. The van der Waals surface area contributed by atoms with Gasteiger partial charge < -0.3 is 24.0 Å². The molecular weight excluding hydrogens is 328 g/mol. The summed E-state index contributed by atoms with van der Waals surface area (Å²) >= 11 is 0. The molecule has 1 unspecified atom stereocenters. The lowest BCUT2D eigenvalue weighted by atomic mass is 9.90. The van der Waals surface area contributed by atoms with Crippen LogP contribution in [-0.4, -0.2) is 71.4 Å². The SMILES string of the molecule is COC(=O)[C@@H]1CCC2OC3(CCN(C(=O)OC(C)(C)C)CC3)C(=O)N21.